The Kier molecular flexibility index (Phi) is 7.18. The average molecular weight is 481 g/mol. The van der Waals surface area contributed by atoms with Crippen molar-refractivity contribution in [2.45, 2.75) is 10.3 Å². The molecule has 0 saturated carbocycles. The summed E-state index contributed by atoms with van der Waals surface area (Å²) in [4.78, 5) is 49.0. The SMILES string of the molecule is C=Cc1nc(Sc2nc(NC(=O)c3cccnc3)cc(=O)[nH]2)nc(OC)c1N1CCN(C)CC1. The fourth-order valence-electron chi connectivity index (χ4n) is 3.41. The molecule has 1 aliphatic rings. The zero-order chi connectivity index (χ0) is 24.1. The minimum Gasteiger partial charge on any atom is -0.479 e. The molecule has 0 aliphatic carbocycles. The Morgan fingerprint density at radius 1 is 1.26 bits per heavy atom. The lowest BCUT2D eigenvalue weighted by Gasteiger charge is -2.34. The molecule has 34 heavy (non-hydrogen) atoms. The van der Waals surface area contributed by atoms with Crippen LogP contribution in [0.5, 0.6) is 5.88 Å². The molecule has 11 nitrogen and oxygen atoms in total. The number of carbonyl (C=O) groups excluding carboxylic acids is 1. The van der Waals surface area contributed by atoms with Crippen molar-refractivity contribution in [2.24, 2.45) is 0 Å². The molecular formula is C22H24N8O3S. The van der Waals surface area contributed by atoms with Crippen molar-refractivity contribution >= 4 is 35.3 Å². The summed E-state index contributed by atoms with van der Waals surface area (Å²) in [7, 11) is 3.64. The number of nitrogens with zero attached hydrogens (tertiary/aromatic N) is 6. The van der Waals surface area contributed by atoms with Crippen LogP contribution >= 0.6 is 11.8 Å². The lowest BCUT2D eigenvalue weighted by Crippen LogP contribution is -2.45. The lowest BCUT2D eigenvalue weighted by atomic mass is 10.2. The third-order valence-corrected chi connectivity index (χ3v) is 5.89. The number of aromatic nitrogens is 5. The maximum Gasteiger partial charge on any atom is 0.258 e. The van der Waals surface area contributed by atoms with Gasteiger partial charge in [-0.25, -0.2) is 9.97 Å². The Labute approximate surface area is 200 Å². The number of anilines is 2. The van der Waals surface area contributed by atoms with Crippen molar-refractivity contribution in [3.05, 3.63) is 58.8 Å². The molecular weight excluding hydrogens is 456 g/mol. The predicted octanol–water partition coefficient (Wildman–Crippen LogP) is 1.76. The summed E-state index contributed by atoms with van der Waals surface area (Å²) in [6.45, 7) is 7.36. The van der Waals surface area contributed by atoms with Crippen LogP contribution in [0.15, 0.2) is 52.3 Å². The van der Waals surface area contributed by atoms with Crippen molar-refractivity contribution in [1.29, 1.82) is 0 Å². The molecule has 1 saturated heterocycles. The highest BCUT2D eigenvalue weighted by Crippen LogP contribution is 2.34. The molecule has 1 fully saturated rings. The van der Waals surface area contributed by atoms with Gasteiger partial charge in [0.25, 0.3) is 11.5 Å². The van der Waals surface area contributed by atoms with Crippen molar-refractivity contribution in [2.75, 3.05) is 50.6 Å². The standard InChI is InChI=1S/C22H24N8O3S/c1-4-15-18(30-10-8-29(2)9-11-30)20(33-3)28-21(24-15)34-22-26-16(12-17(31)27-22)25-19(32)14-6-5-7-23-13-14/h4-7,12-13H,1,8-11H2,2-3H3,(H2,25,26,27,31,32). The van der Waals surface area contributed by atoms with Crippen molar-refractivity contribution in [3.8, 4) is 5.88 Å². The molecule has 1 amide bonds. The van der Waals surface area contributed by atoms with Gasteiger partial charge in [0.15, 0.2) is 10.3 Å². The maximum absolute atomic E-state index is 12.4. The molecule has 0 atom stereocenters. The fraction of sp³-hybridized carbons (Fsp3) is 0.273. The van der Waals surface area contributed by atoms with Crippen molar-refractivity contribution in [3.63, 3.8) is 0 Å². The monoisotopic (exact) mass is 480 g/mol. The molecule has 0 aromatic carbocycles. The van der Waals surface area contributed by atoms with E-state index in [1.54, 1.807) is 31.5 Å². The van der Waals surface area contributed by atoms with Crippen LogP contribution in [-0.4, -0.2) is 76.1 Å². The van der Waals surface area contributed by atoms with Gasteiger partial charge in [0.05, 0.1) is 18.4 Å². The Balaban J connectivity index is 1.59. The molecule has 0 bridgehead atoms. The quantitative estimate of drug-likeness (QED) is 0.483. The van der Waals surface area contributed by atoms with E-state index in [-0.39, 0.29) is 11.0 Å². The number of methoxy groups -OCH3 is 1. The van der Waals surface area contributed by atoms with Gasteiger partial charge >= 0.3 is 0 Å². The summed E-state index contributed by atoms with van der Waals surface area (Å²) in [5.41, 5.74) is 1.34. The van der Waals surface area contributed by atoms with E-state index in [9.17, 15) is 9.59 Å². The Hall–Kier alpha value is -3.77. The highest BCUT2D eigenvalue weighted by Gasteiger charge is 2.23. The molecule has 0 unspecified atom stereocenters. The predicted molar refractivity (Wildman–Crippen MR) is 130 cm³/mol. The first-order chi connectivity index (χ1) is 16.5. The molecule has 2 N–H and O–H groups in total. The van der Waals surface area contributed by atoms with E-state index < -0.39 is 11.5 Å². The number of hydrogen-bond donors (Lipinski definition) is 2. The zero-order valence-corrected chi connectivity index (χ0v) is 19.6. The van der Waals surface area contributed by atoms with Gasteiger partial charge in [-0.2, -0.15) is 4.98 Å². The van der Waals surface area contributed by atoms with Crippen LogP contribution in [-0.2, 0) is 0 Å². The number of H-pyrrole nitrogens is 1. The molecule has 3 aromatic rings. The number of piperazine rings is 1. The number of likely N-dealkylation sites (N-methyl/N-ethyl adjacent to an activating group) is 1. The number of aromatic amines is 1. The Morgan fingerprint density at radius 3 is 2.74 bits per heavy atom. The second kappa shape index (κ2) is 10.4. The Morgan fingerprint density at radius 2 is 2.06 bits per heavy atom. The average Bonchev–Trinajstić information content (AvgIpc) is 2.84. The first-order valence-electron chi connectivity index (χ1n) is 10.5. The van der Waals surface area contributed by atoms with E-state index in [1.807, 2.05) is 0 Å². The third-order valence-electron chi connectivity index (χ3n) is 5.14. The highest BCUT2D eigenvalue weighted by atomic mass is 32.2. The normalized spacial score (nSPS) is 14.0. The van der Waals surface area contributed by atoms with Gasteiger partial charge in [0.2, 0.25) is 5.88 Å². The molecule has 1 aliphatic heterocycles. The second-order valence-electron chi connectivity index (χ2n) is 7.48. The zero-order valence-electron chi connectivity index (χ0n) is 18.8. The summed E-state index contributed by atoms with van der Waals surface area (Å²) in [6.07, 6.45) is 4.65. The summed E-state index contributed by atoms with van der Waals surface area (Å²) in [6, 6.07) is 4.46. The minimum atomic E-state index is -0.427. The Bertz CT molecular complexity index is 1240. The van der Waals surface area contributed by atoms with Gasteiger partial charge in [-0.3, -0.25) is 14.6 Å². The first-order valence-corrected chi connectivity index (χ1v) is 11.3. The lowest BCUT2D eigenvalue weighted by molar-refractivity contribution is 0.102. The van der Waals surface area contributed by atoms with Crippen LogP contribution in [0.2, 0.25) is 0 Å². The smallest absolute Gasteiger partial charge is 0.258 e. The molecule has 0 radical (unpaired) electrons. The fourth-order valence-corrected chi connectivity index (χ4v) is 4.15. The topological polar surface area (TPSA) is 129 Å². The highest BCUT2D eigenvalue weighted by molar-refractivity contribution is 7.99. The van der Waals surface area contributed by atoms with Gasteiger partial charge < -0.3 is 24.8 Å². The minimum absolute atomic E-state index is 0.102. The molecule has 0 spiro atoms. The number of pyridine rings is 1. The molecule has 3 aromatic heterocycles. The van der Waals surface area contributed by atoms with Gasteiger partial charge in [0.1, 0.15) is 11.5 Å². The van der Waals surface area contributed by atoms with Crippen LogP contribution in [0.3, 0.4) is 0 Å². The number of carbonyl (C=O) groups is 1. The van der Waals surface area contributed by atoms with E-state index >= 15 is 0 Å². The van der Waals surface area contributed by atoms with Crippen LogP contribution in [0, 0.1) is 0 Å². The van der Waals surface area contributed by atoms with Crippen molar-refractivity contribution in [1.82, 2.24) is 29.8 Å². The summed E-state index contributed by atoms with van der Waals surface area (Å²) in [5, 5.41) is 3.15. The summed E-state index contributed by atoms with van der Waals surface area (Å²) < 4.78 is 5.57. The van der Waals surface area contributed by atoms with Gasteiger partial charge in [-0.05, 0) is 37.0 Å². The van der Waals surface area contributed by atoms with Crippen LogP contribution in [0.4, 0.5) is 11.5 Å². The van der Waals surface area contributed by atoms with E-state index in [2.05, 4.69) is 53.7 Å². The van der Waals surface area contributed by atoms with Gasteiger partial charge in [-0.1, -0.05) is 6.58 Å². The maximum atomic E-state index is 12.4. The van der Waals surface area contributed by atoms with Gasteiger partial charge in [-0.15, -0.1) is 0 Å². The second-order valence-corrected chi connectivity index (χ2v) is 8.43. The molecule has 4 rings (SSSR count). The van der Waals surface area contributed by atoms with E-state index in [1.165, 1.54) is 12.3 Å². The summed E-state index contributed by atoms with van der Waals surface area (Å²) >= 11 is 1.05. The van der Waals surface area contributed by atoms with E-state index in [0.717, 1.165) is 43.6 Å². The summed E-state index contributed by atoms with van der Waals surface area (Å²) in [5.74, 6) is 0.0935. The first kappa shape index (κ1) is 23.4. The number of hydrogen-bond acceptors (Lipinski definition) is 10. The van der Waals surface area contributed by atoms with Crippen molar-refractivity contribution < 1.29 is 9.53 Å². The number of ether oxygens (including phenoxy) is 1. The largest absolute Gasteiger partial charge is 0.479 e. The molecule has 4 heterocycles. The van der Waals surface area contributed by atoms with Gasteiger partial charge in [0, 0.05) is 44.6 Å². The van der Waals surface area contributed by atoms with Crippen LogP contribution < -0.4 is 20.5 Å². The van der Waals surface area contributed by atoms with E-state index in [4.69, 9.17) is 4.74 Å². The number of nitrogens with one attached hydrogen (secondary N) is 2. The molecule has 12 heteroatoms. The number of amides is 1. The van der Waals surface area contributed by atoms with E-state index in [0.29, 0.717) is 22.3 Å². The number of rotatable bonds is 7. The third kappa shape index (κ3) is 5.41. The molecule has 176 valence electrons. The van der Waals surface area contributed by atoms with Crippen LogP contribution in [0.25, 0.3) is 6.08 Å². The van der Waals surface area contributed by atoms with Crippen LogP contribution in [0.1, 0.15) is 16.1 Å².